The average Bonchev–Trinajstić information content (AvgIpc) is 2.34. The highest BCUT2D eigenvalue weighted by Crippen LogP contribution is 2.28. The zero-order valence-electron chi connectivity index (χ0n) is 9.69. The van der Waals surface area contributed by atoms with Gasteiger partial charge in [0.2, 0.25) is 0 Å². The lowest BCUT2D eigenvalue weighted by Crippen LogP contribution is -2.37. The van der Waals surface area contributed by atoms with Gasteiger partial charge in [0.05, 0.1) is 3.57 Å². The molecule has 0 amide bonds. The van der Waals surface area contributed by atoms with Crippen LogP contribution in [0, 0.1) is 3.57 Å². The van der Waals surface area contributed by atoms with Crippen LogP contribution in [0.3, 0.4) is 0 Å². The third-order valence-corrected chi connectivity index (χ3v) is 4.04. The maximum Gasteiger partial charge on any atom is 0.145 e. The summed E-state index contributed by atoms with van der Waals surface area (Å²) in [6.07, 6.45) is 10.3. The van der Waals surface area contributed by atoms with E-state index in [1.54, 1.807) is 6.33 Å². The molecule has 3 nitrogen and oxygen atoms in total. The van der Waals surface area contributed by atoms with Crippen LogP contribution in [-0.4, -0.2) is 22.6 Å². The van der Waals surface area contributed by atoms with E-state index in [4.69, 9.17) is 0 Å². The summed E-state index contributed by atoms with van der Waals surface area (Å²) in [4.78, 5) is 10.9. The number of anilines is 1. The van der Waals surface area contributed by atoms with Crippen molar-refractivity contribution in [3.63, 3.8) is 0 Å². The Balaban J connectivity index is 2.18. The first-order valence-electron chi connectivity index (χ1n) is 6.05. The Labute approximate surface area is 111 Å². The normalized spacial score (nSPS) is 17.4. The molecule has 1 aromatic heterocycles. The predicted molar refractivity (Wildman–Crippen MR) is 74.6 cm³/mol. The van der Waals surface area contributed by atoms with Crippen molar-refractivity contribution in [1.82, 2.24) is 9.97 Å². The summed E-state index contributed by atoms with van der Waals surface area (Å²) >= 11 is 2.33. The molecule has 88 valence electrons. The summed E-state index contributed by atoms with van der Waals surface area (Å²) in [7, 11) is 0. The third kappa shape index (κ3) is 2.64. The fourth-order valence-electron chi connectivity index (χ4n) is 2.49. The molecule has 1 fully saturated rings. The van der Waals surface area contributed by atoms with E-state index in [1.807, 2.05) is 6.20 Å². The molecule has 1 aromatic rings. The number of nitrogens with zero attached hydrogens (tertiary/aromatic N) is 3. The van der Waals surface area contributed by atoms with Gasteiger partial charge in [-0.2, -0.15) is 0 Å². The topological polar surface area (TPSA) is 29.0 Å². The molecule has 4 heteroatoms. The van der Waals surface area contributed by atoms with Crippen molar-refractivity contribution in [3.05, 3.63) is 16.1 Å². The smallest absolute Gasteiger partial charge is 0.145 e. The molecule has 0 unspecified atom stereocenters. The van der Waals surface area contributed by atoms with Gasteiger partial charge in [0.1, 0.15) is 12.1 Å². The van der Waals surface area contributed by atoms with Crippen molar-refractivity contribution in [3.8, 4) is 0 Å². The SMILES string of the molecule is CCN(c1ncncc1I)C1CCCCC1. The molecule has 0 aliphatic heterocycles. The van der Waals surface area contributed by atoms with Crippen LogP contribution in [0.2, 0.25) is 0 Å². The van der Waals surface area contributed by atoms with E-state index >= 15 is 0 Å². The Kier molecular flexibility index (Phi) is 4.37. The zero-order chi connectivity index (χ0) is 11.4. The van der Waals surface area contributed by atoms with Gasteiger partial charge < -0.3 is 4.90 Å². The Morgan fingerprint density at radius 2 is 2.12 bits per heavy atom. The number of hydrogen-bond acceptors (Lipinski definition) is 3. The van der Waals surface area contributed by atoms with Gasteiger partial charge in [-0.15, -0.1) is 0 Å². The second kappa shape index (κ2) is 5.80. The van der Waals surface area contributed by atoms with Crippen molar-refractivity contribution in [2.24, 2.45) is 0 Å². The van der Waals surface area contributed by atoms with Crippen molar-refractivity contribution < 1.29 is 0 Å². The molecule has 0 N–H and O–H groups in total. The molecular weight excluding hydrogens is 313 g/mol. The third-order valence-electron chi connectivity index (χ3n) is 3.28. The first-order chi connectivity index (χ1) is 7.83. The highest BCUT2D eigenvalue weighted by atomic mass is 127. The zero-order valence-corrected chi connectivity index (χ0v) is 11.9. The molecule has 0 atom stereocenters. The van der Waals surface area contributed by atoms with Crippen LogP contribution in [0.1, 0.15) is 39.0 Å². The molecule has 0 radical (unpaired) electrons. The van der Waals surface area contributed by atoms with E-state index in [0.29, 0.717) is 6.04 Å². The summed E-state index contributed by atoms with van der Waals surface area (Å²) in [5.74, 6) is 1.12. The largest absolute Gasteiger partial charge is 0.353 e. The van der Waals surface area contributed by atoms with Gasteiger partial charge in [0.25, 0.3) is 0 Å². The fraction of sp³-hybridized carbons (Fsp3) is 0.667. The first-order valence-corrected chi connectivity index (χ1v) is 7.13. The van der Waals surface area contributed by atoms with E-state index in [0.717, 1.165) is 15.9 Å². The van der Waals surface area contributed by atoms with Gasteiger partial charge in [0, 0.05) is 18.8 Å². The molecule has 0 saturated heterocycles. The van der Waals surface area contributed by atoms with E-state index in [-0.39, 0.29) is 0 Å². The minimum Gasteiger partial charge on any atom is -0.353 e. The van der Waals surface area contributed by atoms with Crippen LogP contribution in [0.25, 0.3) is 0 Å². The van der Waals surface area contributed by atoms with Gasteiger partial charge in [0.15, 0.2) is 0 Å². The van der Waals surface area contributed by atoms with Crippen LogP contribution >= 0.6 is 22.6 Å². The molecule has 2 rings (SSSR count). The molecule has 1 aliphatic carbocycles. The minimum atomic E-state index is 0.683. The van der Waals surface area contributed by atoms with Crippen molar-refractivity contribution in [2.75, 3.05) is 11.4 Å². The van der Waals surface area contributed by atoms with E-state index < -0.39 is 0 Å². The Bertz CT molecular complexity index is 337. The second-order valence-electron chi connectivity index (χ2n) is 4.27. The lowest BCUT2D eigenvalue weighted by Gasteiger charge is -2.34. The van der Waals surface area contributed by atoms with Crippen molar-refractivity contribution >= 4 is 28.4 Å². The monoisotopic (exact) mass is 331 g/mol. The van der Waals surface area contributed by atoms with Crippen LogP contribution in [-0.2, 0) is 0 Å². The number of rotatable bonds is 3. The Morgan fingerprint density at radius 1 is 1.38 bits per heavy atom. The maximum absolute atomic E-state index is 4.43. The quantitative estimate of drug-likeness (QED) is 0.797. The van der Waals surface area contributed by atoms with Gasteiger partial charge >= 0.3 is 0 Å². The molecule has 1 heterocycles. The lowest BCUT2D eigenvalue weighted by atomic mass is 9.94. The summed E-state index contributed by atoms with van der Waals surface area (Å²) in [5, 5.41) is 0. The molecule has 1 saturated carbocycles. The molecule has 0 spiro atoms. The highest BCUT2D eigenvalue weighted by molar-refractivity contribution is 14.1. The number of halogens is 1. The minimum absolute atomic E-state index is 0.683. The summed E-state index contributed by atoms with van der Waals surface area (Å²) in [6.45, 7) is 3.25. The van der Waals surface area contributed by atoms with Crippen LogP contribution in [0.4, 0.5) is 5.82 Å². The fourth-order valence-corrected chi connectivity index (χ4v) is 3.10. The van der Waals surface area contributed by atoms with Crippen molar-refractivity contribution in [2.45, 2.75) is 45.1 Å². The average molecular weight is 331 g/mol. The Hall–Kier alpha value is -0.390. The standard InChI is InChI=1S/C12H18IN3/c1-2-16(10-6-4-3-5-7-10)12-11(13)8-14-9-15-12/h8-10H,2-7H2,1H3. The molecule has 1 aliphatic rings. The van der Waals surface area contributed by atoms with E-state index in [2.05, 4.69) is 44.4 Å². The van der Waals surface area contributed by atoms with Gasteiger partial charge in [-0.1, -0.05) is 19.3 Å². The van der Waals surface area contributed by atoms with Gasteiger partial charge in [-0.3, -0.25) is 0 Å². The molecule has 0 bridgehead atoms. The number of hydrogen-bond donors (Lipinski definition) is 0. The van der Waals surface area contributed by atoms with Crippen LogP contribution in [0.5, 0.6) is 0 Å². The molecular formula is C12H18IN3. The van der Waals surface area contributed by atoms with E-state index in [9.17, 15) is 0 Å². The van der Waals surface area contributed by atoms with Crippen molar-refractivity contribution in [1.29, 1.82) is 0 Å². The molecule has 16 heavy (non-hydrogen) atoms. The second-order valence-corrected chi connectivity index (χ2v) is 5.43. The number of aromatic nitrogens is 2. The Morgan fingerprint density at radius 3 is 2.75 bits per heavy atom. The van der Waals surface area contributed by atoms with Gasteiger partial charge in [-0.25, -0.2) is 9.97 Å². The van der Waals surface area contributed by atoms with E-state index in [1.165, 1.54) is 32.1 Å². The maximum atomic E-state index is 4.43. The molecule has 0 aromatic carbocycles. The first kappa shape index (κ1) is 12.1. The summed E-state index contributed by atoms with van der Waals surface area (Å²) < 4.78 is 1.16. The van der Waals surface area contributed by atoms with Gasteiger partial charge in [-0.05, 0) is 42.4 Å². The van der Waals surface area contributed by atoms with Crippen LogP contribution in [0.15, 0.2) is 12.5 Å². The summed E-state index contributed by atoms with van der Waals surface area (Å²) in [5.41, 5.74) is 0. The highest BCUT2D eigenvalue weighted by Gasteiger charge is 2.22. The lowest BCUT2D eigenvalue weighted by molar-refractivity contribution is 0.416. The predicted octanol–water partition coefficient (Wildman–Crippen LogP) is 3.24. The summed E-state index contributed by atoms with van der Waals surface area (Å²) in [6, 6.07) is 0.683. The van der Waals surface area contributed by atoms with Crippen LogP contribution < -0.4 is 4.90 Å².